The van der Waals surface area contributed by atoms with Crippen LogP contribution in [0.4, 0.5) is 4.39 Å². The molecule has 0 amide bonds. The summed E-state index contributed by atoms with van der Waals surface area (Å²) in [6, 6.07) is 0. The first-order chi connectivity index (χ1) is 5.41. The molecule has 1 heterocycles. The molecule has 2 nitrogen and oxygen atoms in total. The normalized spacial score (nSPS) is 11.8. The molecule has 1 aromatic heterocycles. The van der Waals surface area contributed by atoms with Gasteiger partial charge in [-0.05, 0) is 22.6 Å². The van der Waals surface area contributed by atoms with Crippen LogP contribution in [0.2, 0.25) is 0 Å². The average molecular weight is 280 g/mol. The Morgan fingerprint density at radius 1 is 1.42 bits per heavy atom. The lowest BCUT2D eigenvalue weighted by Gasteiger charge is -2.18. The van der Waals surface area contributed by atoms with Crippen molar-refractivity contribution >= 4 is 22.6 Å². The maximum Gasteiger partial charge on any atom is 0.308 e. The molecule has 0 aromatic carbocycles. The van der Waals surface area contributed by atoms with Gasteiger partial charge in [0, 0.05) is 11.6 Å². The third-order valence-electron chi connectivity index (χ3n) is 1.43. The second-order valence-electron chi connectivity index (χ2n) is 3.59. The zero-order chi connectivity index (χ0) is 9.35. The molecule has 12 heavy (non-hydrogen) atoms. The number of nitrogens with zero attached hydrogens (tertiary/aromatic N) is 2. The van der Waals surface area contributed by atoms with Crippen LogP contribution in [0.1, 0.15) is 26.5 Å². The highest BCUT2D eigenvalue weighted by Gasteiger charge is 2.19. The summed E-state index contributed by atoms with van der Waals surface area (Å²) in [6.45, 7) is 5.99. The Hall–Kier alpha value is -0.260. The summed E-state index contributed by atoms with van der Waals surface area (Å²) in [5.74, 6) is 0. The van der Waals surface area contributed by atoms with Crippen LogP contribution < -0.4 is 0 Å². The Balaban J connectivity index is 3.23. The summed E-state index contributed by atoms with van der Waals surface area (Å²) in [7, 11) is 0. The summed E-state index contributed by atoms with van der Waals surface area (Å²) in [6.07, 6.45) is 0.851. The summed E-state index contributed by atoms with van der Waals surface area (Å²) in [5, 5.41) is 0. The number of rotatable bonds is 0. The van der Waals surface area contributed by atoms with Crippen molar-refractivity contribution in [3.8, 4) is 0 Å². The number of hydrogen-bond donors (Lipinski definition) is 0. The predicted molar refractivity (Wildman–Crippen MR) is 53.4 cm³/mol. The molecule has 0 N–H and O–H groups in total. The molecule has 0 unspecified atom stereocenters. The van der Waals surface area contributed by atoms with Gasteiger partial charge in [0.05, 0.1) is 9.26 Å². The molecule has 0 saturated heterocycles. The first kappa shape index (κ1) is 9.83. The van der Waals surface area contributed by atoms with Crippen LogP contribution in [0.5, 0.6) is 0 Å². The molecule has 0 fully saturated rings. The fourth-order valence-electron chi connectivity index (χ4n) is 0.872. The SMILES string of the molecule is CC(C)(C)c1nc(F)ncc1I. The standard InChI is InChI=1S/C8H10FIN2/c1-8(2,3)6-5(10)4-11-7(9)12-6/h4H,1-3H3. The van der Waals surface area contributed by atoms with E-state index in [1.165, 1.54) is 6.20 Å². The van der Waals surface area contributed by atoms with E-state index in [1.54, 1.807) is 0 Å². The van der Waals surface area contributed by atoms with E-state index in [-0.39, 0.29) is 5.41 Å². The molecule has 1 aromatic rings. The Kier molecular flexibility index (Phi) is 2.65. The van der Waals surface area contributed by atoms with E-state index in [9.17, 15) is 4.39 Å². The minimum atomic E-state index is -0.652. The van der Waals surface area contributed by atoms with Crippen molar-refractivity contribution in [2.24, 2.45) is 0 Å². The van der Waals surface area contributed by atoms with E-state index in [1.807, 2.05) is 20.8 Å². The molecule has 0 atom stereocenters. The smallest absolute Gasteiger partial charge is 0.210 e. The fraction of sp³-hybridized carbons (Fsp3) is 0.500. The van der Waals surface area contributed by atoms with Crippen molar-refractivity contribution < 1.29 is 4.39 Å². The Labute approximate surface area is 84.8 Å². The van der Waals surface area contributed by atoms with Gasteiger partial charge in [-0.1, -0.05) is 20.8 Å². The fourth-order valence-corrected chi connectivity index (χ4v) is 1.94. The van der Waals surface area contributed by atoms with Gasteiger partial charge in [-0.2, -0.15) is 4.39 Å². The van der Waals surface area contributed by atoms with Crippen LogP contribution >= 0.6 is 22.6 Å². The van der Waals surface area contributed by atoms with Crippen LogP contribution in [0, 0.1) is 9.65 Å². The zero-order valence-corrected chi connectivity index (χ0v) is 9.39. The predicted octanol–water partition coefficient (Wildman–Crippen LogP) is 2.52. The zero-order valence-electron chi connectivity index (χ0n) is 7.23. The van der Waals surface area contributed by atoms with Gasteiger partial charge in [-0.3, -0.25) is 0 Å². The summed E-state index contributed by atoms with van der Waals surface area (Å²) in [4.78, 5) is 7.23. The second-order valence-corrected chi connectivity index (χ2v) is 4.75. The lowest BCUT2D eigenvalue weighted by molar-refractivity contribution is 0.493. The molecule has 66 valence electrons. The highest BCUT2D eigenvalue weighted by Crippen LogP contribution is 2.24. The van der Waals surface area contributed by atoms with E-state index >= 15 is 0 Å². The molecule has 0 saturated carbocycles. The van der Waals surface area contributed by atoms with Crippen molar-refractivity contribution in [2.45, 2.75) is 26.2 Å². The van der Waals surface area contributed by atoms with Crippen molar-refractivity contribution in [3.05, 3.63) is 21.5 Å². The van der Waals surface area contributed by atoms with Gasteiger partial charge < -0.3 is 0 Å². The van der Waals surface area contributed by atoms with E-state index in [0.717, 1.165) is 9.26 Å². The van der Waals surface area contributed by atoms with Crippen molar-refractivity contribution in [2.75, 3.05) is 0 Å². The van der Waals surface area contributed by atoms with Gasteiger partial charge in [0.15, 0.2) is 0 Å². The highest BCUT2D eigenvalue weighted by molar-refractivity contribution is 14.1. The largest absolute Gasteiger partial charge is 0.308 e. The number of hydrogen-bond acceptors (Lipinski definition) is 2. The molecule has 0 aliphatic rings. The maximum absolute atomic E-state index is 12.7. The quantitative estimate of drug-likeness (QED) is 0.539. The maximum atomic E-state index is 12.7. The molecule has 0 radical (unpaired) electrons. The lowest BCUT2D eigenvalue weighted by Crippen LogP contribution is -2.17. The summed E-state index contributed by atoms with van der Waals surface area (Å²) in [5.41, 5.74) is 0.635. The van der Waals surface area contributed by atoms with Crippen LogP contribution in [0.3, 0.4) is 0 Å². The van der Waals surface area contributed by atoms with Crippen LogP contribution in [0.15, 0.2) is 6.20 Å². The number of halogens is 2. The van der Waals surface area contributed by atoms with E-state index < -0.39 is 6.08 Å². The van der Waals surface area contributed by atoms with E-state index in [2.05, 4.69) is 32.6 Å². The molecular formula is C8H10FIN2. The first-order valence-electron chi connectivity index (χ1n) is 3.60. The molecular weight excluding hydrogens is 270 g/mol. The van der Waals surface area contributed by atoms with Gasteiger partial charge in [-0.15, -0.1) is 0 Å². The van der Waals surface area contributed by atoms with E-state index in [4.69, 9.17) is 0 Å². The molecule has 1 rings (SSSR count). The second kappa shape index (κ2) is 3.24. The van der Waals surface area contributed by atoms with Crippen LogP contribution in [-0.4, -0.2) is 9.97 Å². The Bertz CT molecular complexity index is 294. The van der Waals surface area contributed by atoms with E-state index in [0.29, 0.717) is 0 Å². The summed E-state index contributed by atoms with van der Waals surface area (Å²) >= 11 is 2.11. The van der Waals surface area contributed by atoms with Gasteiger partial charge in [0.25, 0.3) is 0 Å². The minimum Gasteiger partial charge on any atom is -0.210 e. The molecule has 0 bridgehead atoms. The molecule has 0 aliphatic carbocycles. The van der Waals surface area contributed by atoms with Crippen molar-refractivity contribution in [1.82, 2.24) is 9.97 Å². The monoisotopic (exact) mass is 280 g/mol. The highest BCUT2D eigenvalue weighted by atomic mass is 127. The van der Waals surface area contributed by atoms with Gasteiger partial charge >= 0.3 is 6.08 Å². The van der Waals surface area contributed by atoms with Gasteiger partial charge in [0.1, 0.15) is 0 Å². The molecule has 0 aliphatic heterocycles. The average Bonchev–Trinajstić information content (AvgIpc) is 1.92. The Morgan fingerprint density at radius 2 is 2.00 bits per heavy atom. The molecule has 0 spiro atoms. The minimum absolute atomic E-state index is 0.125. The Morgan fingerprint density at radius 3 is 2.42 bits per heavy atom. The van der Waals surface area contributed by atoms with Gasteiger partial charge in [-0.25, -0.2) is 9.97 Å². The summed E-state index contributed by atoms with van der Waals surface area (Å²) < 4.78 is 13.6. The van der Waals surface area contributed by atoms with Crippen molar-refractivity contribution in [3.63, 3.8) is 0 Å². The topological polar surface area (TPSA) is 25.8 Å². The third-order valence-corrected chi connectivity index (χ3v) is 2.21. The number of aromatic nitrogens is 2. The van der Waals surface area contributed by atoms with Crippen molar-refractivity contribution in [1.29, 1.82) is 0 Å². The molecule has 4 heteroatoms. The van der Waals surface area contributed by atoms with Crippen LogP contribution in [-0.2, 0) is 5.41 Å². The lowest BCUT2D eigenvalue weighted by atomic mass is 9.92. The van der Waals surface area contributed by atoms with Crippen LogP contribution in [0.25, 0.3) is 0 Å². The third kappa shape index (κ3) is 2.12. The first-order valence-corrected chi connectivity index (χ1v) is 4.67. The van der Waals surface area contributed by atoms with Gasteiger partial charge in [0.2, 0.25) is 0 Å².